The maximum atomic E-state index is 12.3. The second kappa shape index (κ2) is 8.52. The molecule has 2 aromatic carbocycles. The van der Waals surface area contributed by atoms with Gasteiger partial charge in [0, 0.05) is 24.2 Å². The van der Waals surface area contributed by atoms with Crippen molar-refractivity contribution in [2.45, 2.75) is 38.1 Å². The Morgan fingerprint density at radius 2 is 1.92 bits per heavy atom. The lowest BCUT2D eigenvalue weighted by Gasteiger charge is -2.26. The van der Waals surface area contributed by atoms with Crippen molar-refractivity contribution in [3.05, 3.63) is 65.2 Å². The summed E-state index contributed by atoms with van der Waals surface area (Å²) in [6.07, 6.45) is 4.03. The van der Waals surface area contributed by atoms with Crippen molar-refractivity contribution in [1.82, 2.24) is 10.6 Å². The fourth-order valence-electron chi connectivity index (χ4n) is 3.39. The van der Waals surface area contributed by atoms with E-state index in [9.17, 15) is 9.59 Å². The summed E-state index contributed by atoms with van der Waals surface area (Å²) in [6, 6.07) is 15.1. The minimum atomic E-state index is -0.107. The van der Waals surface area contributed by atoms with Crippen LogP contribution in [0.15, 0.2) is 48.5 Å². The number of amides is 2. The first-order valence-corrected chi connectivity index (χ1v) is 9.14. The van der Waals surface area contributed by atoms with Crippen LogP contribution in [0.25, 0.3) is 0 Å². The number of hydrogen-bond acceptors (Lipinski definition) is 3. The van der Waals surface area contributed by atoms with Gasteiger partial charge in [0.1, 0.15) is 0 Å². The second-order valence-corrected chi connectivity index (χ2v) is 6.70. The van der Waals surface area contributed by atoms with Crippen LogP contribution < -0.4 is 16.4 Å². The Kier molecular flexibility index (Phi) is 5.89. The fourth-order valence-corrected chi connectivity index (χ4v) is 3.39. The average Bonchev–Trinajstić information content (AvgIpc) is 2.65. The highest BCUT2D eigenvalue weighted by Crippen LogP contribution is 2.31. The monoisotopic (exact) mass is 351 g/mol. The number of benzene rings is 2. The summed E-state index contributed by atoms with van der Waals surface area (Å²) in [6.45, 7) is 0.485. The van der Waals surface area contributed by atoms with Gasteiger partial charge in [0.25, 0.3) is 5.91 Å². The Balaban J connectivity index is 1.43. The molecule has 0 spiro atoms. The molecular weight excluding hydrogens is 326 g/mol. The lowest BCUT2D eigenvalue weighted by atomic mass is 9.87. The van der Waals surface area contributed by atoms with Crippen LogP contribution in [0.2, 0.25) is 0 Å². The summed E-state index contributed by atoms with van der Waals surface area (Å²) in [5.41, 5.74) is 9.67. The van der Waals surface area contributed by atoms with Gasteiger partial charge in [0.05, 0.1) is 6.04 Å². The first kappa shape index (κ1) is 18.0. The maximum Gasteiger partial charge on any atom is 0.251 e. The van der Waals surface area contributed by atoms with E-state index in [4.69, 9.17) is 5.73 Å². The van der Waals surface area contributed by atoms with Crippen LogP contribution in [0.4, 0.5) is 5.69 Å². The third-order valence-electron chi connectivity index (χ3n) is 4.72. The molecule has 3 rings (SSSR count). The SMILES string of the molecule is Nc1ccc2c(c1)CCCC2NC(=O)CCCNC(=O)c1ccccc1. The summed E-state index contributed by atoms with van der Waals surface area (Å²) in [5, 5.41) is 5.97. The van der Waals surface area contributed by atoms with Crippen molar-refractivity contribution in [1.29, 1.82) is 0 Å². The fraction of sp³-hybridized carbons (Fsp3) is 0.333. The first-order chi connectivity index (χ1) is 12.6. The molecule has 5 heteroatoms. The van der Waals surface area contributed by atoms with E-state index in [1.54, 1.807) is 12.1 Å². The number of carbonyl (C=O) groups is 2. The highest BCUT2D eigenvalue weighted by molar-refractivity contribution is 5.94. The van der Waals surface area contributed by atoms with Crippen LogP contribution in [0.1, 0.15) is 53.2 Å². The maximum absolute atomic E-state index is 12.3. The first-order valence-electron chi connectivity index (χ1n) is 9.14. The van der Waals surface area contributed by atoms with Crippen LogP contribution in [0.3, 0.4) is 0 Å². The highest BCUT2D eigenvalue weighted by atomic mass is 16.2. The third kappa shape index (κ3) is 4.63. The molecule has 5 nitrogen and oxygen atoms in total. The van der Waals surface area contributed by atoms with Crippen LogP contribution in [0.5, 0.6) is 0 Å². The molecule has 1 atom stereocenters. The zero-order valence-corrected chi connectivity index (χ0v) is 14.8. The van der Waals surface area contributed by atoms with E-state index in [2.05, 4.69) is 10.6 Å². The number of fused-ring (bicyclic) bond motifs is 1. The van der Waals surface area contributed by atoms with Gasteiger partial charge < -0.3 is 16.4 Å². The quantitative estimate of drug-likeness (QED) is 0.552. The normalized spacial score (nSPS) is 15.8. The van der Waals surface area contributed by atoms with Gasteiger partial charge in [-0.25, -0.2) is 0 Å². The van der Waals surface area contributed by atoms with E-state index >= 15 is 0 Å². The molecule has 0 radical (unpaired) electrons. The lowest BCUT2D eigenvalue weighted by Crippen LogP contribution is -2.32. The standard InChI is InChI=1S/C21H25N3O2/c22-17-11-12-18-16(14-17)8-4-9-19(18)24-20(25)10-5-13-23-21(26)15-6-2-1-3-7-15/h1-3,6-7,11-12,14,19H,4-5,8-10,13,22H2,(H,23,26)(H,24,25). The largest absolute Gasteiger partial charge is 0.399 e. The minimum absolute atomic E-state index is 0.0219. The van der Waals surface area contributed by atoms with E-state index in [1.165, 1.54) is 11.1 Å². The van der Waals surface area contributed by atoms with Crippen molar-refractivity contribution < 1.29 is 9.59 Å². The topological polar surface area (TPSA) is 84.2 Å². The molecule has 136 valence electrons. The molecule has 2 aromatic rings. The van der Waals surface area contributed by atoms with Crippen molar-refractivity contribution in [3.63, 3.8) is 0 Å². The molecular formula is C21H25N3O2. The number of nitrogens with one attached hydrogen (secondary N) is 2. The summed E-state index contributed by atoms with van der Waals surface area (Å²) < 4.78 is 0. The minimum Gasteiger partial charge on any atom is -0.399 e. The van der Waals surface area contributed by atoms with Crippen LogP contribution >= 0.6 is 0 Å². The van der Waals surface area contributed by atoms with Gasteiger partial charge in [-0.3, -0.25) is 9.59 Å². The van der Waals surface area contributed by atoms with Crippen molar-refractivity contribution in [2.24, 2.45) is 0 Å². The van der Waals surface area contributed by atoms with Crippen LogP contribution in [-0.4, -0.2) is 18.4 Å². The summed E-state index contributed by atoms with van der Waals surface area (Å²) in [4.78, 5) is 24.2. The van der Waals surface area contributed by atoms with Gasteiger partial charge in [-0.05, 0) is 61.1 Å². The molecule has 0 saturated heterocycles. The molecule has 4 N–H and O–H groups in total. The molecule has 0 fully saturated rings. The van der Waals surface area contributed by atoms with Crippen LogP contribution in [0, 0.1) is 0 Å². The molecule has 26 heavy (non-hydrogen) atoms. The number of carbonyl (C=O) groups excluding carboxylic acids is 2. The number of hydrogen-bond donors (Lipinski definition) is 3. The van der Waals surface area contributed by atoms with Crippen molar-refractivity contribution in [2.75, 3.05) is 12.3 Å². The number of rotatable bonds is 6. The van der Waals surface area contributed by atoms with E-state index in [-0.39, 0.29) is 17.9 Å². The Hall–Kier alpha value is -2.82. The van der Waals surface area contributed by atoms with Crippen molar-refractivity contribution in [3.8, 4) is 0 Å². The van der Waals surface area contributed by atoms with Crippen LogP contribution in [-0.2, 0) is 11.2 Å². The van der Waals surface area contributed by atoms with Gasteiger partial charge in [-0.2, -0.15) is 0 Å². The molecule has 1 aliphatic carbocycles. The van der Waals surface area contributed by atoms with E-state index in [0.29, 0.717) is 24.9 Å². The third-order valence-corrected chi connectivity index (χ3v) is 4.72. The molecule has 0 aromatic heterocycles. The Labute approximate surface area is 154 Å². The van der Waals surface area contributed by atoms with Crippen molar-refractivity contribution >= 4 is 17.5 Å². The number of aryl methyl sites for hydroxylation is 1. The predicted molar refractivity (Wildman–Crippen MR) is 103 cm³/mol. The lowest BCUT2D eigenvalue weighted by molar-refractivity contribution is -0.122. The summed E-state index contributed by atoms with van der Waals surface area (Å²) in [7, 11) is 0. The summed E-state index contributed by atoms with van der Waals surface area (Å²) in [5.74, 6) is -0.0848. The molecule has 0 aliphatic heterocycles. The van der Waals surface area contributed by atoms with E-state index in [1.807, 2.05) is 36.4 Å². The van der Waals surface area contributed by atoms with Gasteiger partial charge in [-0.1, -0.05) is 24.3 Å². The summed E-state index contributed by atoms with van der Waals surface area (Å²) >= 11 is 0. The molecule has 2 amide bonds. The zero-order chi connectivity index (χ0) is 18.4. The van der Waals surface area contributed by atoms with Gasteiger partial charge in [0.2, 0.25) is 5.91 Å². The van der Waals surface area contributed by atoms with Gasteiger partial charge >= 0.3 is 0 Å². The second-order valence-electron chi connectivity index (χ2n) is 6.70. The molecule has 0 heterocycles. The molecule has 1 unspecified atom stereocenters. The molecule has 0 saturated carbocycles. The Bertz CT molecular complexity index is 774. The molecule has 1 aliphatic rings. The smallest absolute Gasteiger partial charge is 0.251 e. The Morgan fingerprint density at radius 3 is 2.73 bits per heavy atom. The molecule has 0 bridgehead atoms. The predicted octanol–water partition coefficient (Wildman–Crippen LogP) is 2.97. The number of anilines is 1. The Morgan fingerprint density at radius 1 is 1.12 bits per heavy atom. The van der Waals surface area contributed by atoms with E-state index < -0.39 is 0 Å². The number of nitrogens with two attached hydrogens (primary N) is 1. The van der Waals surface area contributed by atoms with Gasteiger partial charge in [0.15, 0.2) is 0 Å². The van der Waals surface area contributed by atoms with E-state index in [0.717, 1.165) is 24.9 Å². The average molecular weight is 351 g/mol. The number of nitrogen functional groups attached to an aromatic ring is 1. The zero-order valence-electron chi connectivity index (χ0n) is 14.8. The van der Waals surface area contributed by atoms with Gasteiger partial charge in [-0.15, -0.1) is 0 Å². The highest BCUT2D eigenvalue weighted by Gasteiger charge is 2.21.